The quantitative estimate of drug-likeness (QED) is 0.329. The topological polar surface area (TPSA) is 63.4 Å². The fraction of sp³-hybridized carbons (Fsp3) is 0.0588. The summed E-state index contributed by atoms with van der Waals surface area (Å²) in [6.07, 6.45) is 1.54. The fourth-order valence-corrected chi connectivity index (χ4v) is 3.72. The van der Waals surface area contributed by atoms with Crippen LogP contribution in [0.1, 0.15) is 11.1 Å². The lowest BCUT2D eigenvalue weighted by atomic mass is 10.1. The molecule has 0 bridgehead atoms. The molecule has 1 amide bonds. The van der Waals surface area contributed by atoms with Crippen molar-refractivity contribution in [3.05, 3.63) is 79.7 Å². The van der Waals surface area contributed by atoms with Crippen molar-refractivity contribution in [1.29, 1.82) is 0 Å². The molecule has 25 heavy (non-hydrogen) atoms. The first kappa shape index (κ1) is 17.6. The molecule has 0 atom stereocenters. The number of non-ortho nitro benzene ring substituents is 1. The first-order chi connectivity index (χ1) is 12.0. The van der Waals surface area contributed by atoms with Crippen molar-refractivity contribution in [1.82, 2.24) is 4.90 Å². The Bertz CT molecular complexity index is 900. The summed E-state index contributed by atoms with van der Waals surface area (Å²) in [5, 5.41) is 11.2. The lowest BCUT2D eigenvalue weighted by Crippen LogP contribution is -2.27. The Morgan fingerprint density at radius 3 is 2.64 bits per heavy atom. The highest BCUT2D eigenvalue weighted by Crippen LogP contribution is 2.35. The lowest BCUT2D eigenvalue weighted by molar-refractivity contribution is -0.384. The van der Waals surface area contributed by atoms with Gasteiger partial charge in [-0.3, -0.25) is 19.8 Å². The van der Waals surface area contributed by atoms with Gasteiger partial charge in [0.25, 0.3) is 11.6 Å². The second-order valence-electron chi connectivity index (χ2n) is 5.22. The summed E-state index contributed by atoms with van der Waals surface area (Å²) in [6, 6.07) is 13.6. The molecule has 0 unspecified atom stereocenters. The van der Waals surface area contributed by atoms with Gasteiger partial charge in [0.1, 0.15) is 4.32 Å². The Labute approximate surface area is 158 Å². The monoisotopic (exact) mass is 390 g/mol. The number of hydrogen-bond donors (Lipinski definition) is 0. The van der Waals surface area contributed by atoms with Gasteiger partial charge >= 0.3 is 0 Å². The van der Waals surface area contributed by atoms with Gasteiger partial charge in [-0.25, -0.2) is 0 Å². The SMILES string of the molecule is O=C1/C(=C\c2cc([N+](=O)[O-])ccc2Cl)SC(=S)N1Cc1ccccc1. The van der Waals surface area contributed by atoms with Crippen molar-refractivity contribution in [2.45, 2.75) is 6.54 Å². The molecule has 5 nitrogen and oxygen atoms in total. The zero-order valence-electron chi connectivity index (χ0n) is 12.7. The molecule has 1 saturated heterocycles. The minimum absolute atomic E-state index is 0.0876. The van der Waals surface area contributed by atoms with Gasteiger partial charge < -0.3 is 0 Å². The number of amides is 1. The van der Waals surface area contributed by atoms with Crippen LogP contribution >= 0.6 is 35.6 Å². The third kappa shape index (κ3) is 3.89. The van der Waals surface area contributed by atoms with Gasteiger partial charge in [0, 0.05) is 22.7 Å². The third-order valence-corrected chi connectivity index (χ3v) is 5.26. The number of benzene rings is 2. The Morgan fingerprint density at radius 1 is 1.24 bits per heavy atom. The summed E-state index contributed by atoms with van der Waals surface area (Å²) in [5.74, 6) is -0.235. The number of thiocarbonyl (C=S) groups is 1. The molecule has 0 radical (unpaired) electrons. The van der Waals surface area contributed by atoms with Crippen LogP contribution in [0.5, 0.6) is 0 Å². The maximum absolute atomic E-state index is 12.6. The molecule has 2 aromatic carbocycles. The van der Waals surface area contributed by atoms with E-state index in [1.165, 1.54) is 23.1 Å². The number of carbonyl (C=O) groups excluding carboxylic acids is 1. The second kappa shape index (κ2) is 7.35. The average molecular weight is 391 g/mol. The van der Waals surface area contributed by atoms with E-state index in [4.69, 9.17) is 23.8 Å². The smallest absolute Gasteiger partial charge is 0.270 e. The first-order valence-electron chi connectivity index (χ1n) is 7.19. The van der Waals surface area contributed by atoms with Crippen molar-refractivity contribution in [2.24, 2.45) is 0 Å². The van der Waals surface area contributed by atoms with Crippen LogP contribution in [-0.2, 0) is 11.3 Å². The van der Waals surface area contributed by atoms with Crippen molar-refractivity contribution in [3.63, 3.8) is 0 Å². The summed E-state index contributed by atoms with van der Waals surface area (Å²) in [6.45, 7) is 0.380. The fourth-order valence-electron chi connectivity index (χ4n) is 2.30. The average Bonchev–Trinajstić information content (AvgIpc) is 2.85. The van der Waals surface area contributed by atoms with Crippen LogP contribution in [0.2, 0.25) is 5.02 Å². The largest absolute Gasteiger partial charge is 0.288 e. The van der Waals surface area contributed by atoms with Gasteiger partial charge in [-0.05, 0) is 17.7 Å². The van der Waals surface area contributed by atoms with Crippen molar-refractivity contribution < 1.29 is 9.72 Å². The highest BCUT2D eigenvalue weighted by Gasteiger charge is 2.32. The predicted octanol–water partition coefficient (Wildman–Crippen LogP) is 4.65. The number of carbonyl (C=O) groups is 1. The third-order valence-electron chi connectivity index (χ3n) is 3.53. The summed E-state index contributed by atoms with van der Waals surface area (Å²) < 4.78 is 0.446. The molecule has 0 saturated carbocycles. The van der Waals surface area contributed by atoms with E-state index < -0.39 is 4.92 Å². The molecule has 8 heteroatoms. The Kier molecular flexibility index (Phi) is 5.17. The van der Waals surface area contributed by atoms with Crippen LogP contribution in [0.15, 0.2) is 53.4 Å². The van der Waals surface area contributed by atoms with E-state index in [-0.39, 0.29) is 11.6 Å². The summed E-state index contributed by atoms with van der Waals surface area (Å²) >= 11 is 12.6. The summed E-state index contributed by atoms with van der Waals surface area (Å²) in [5.41, 5.74) is 1.29. The van der Waals surface area contributed by atoms with Gasteiger partial charge in [0.15, 0.2) is 0 Å². The Morgan fingerprint density at radius 2 is 1.96 bits per heavy atom. The van der Waals surface area contributed by atoms with Crippen LogP contribution in [0, 0.1) is 10.1 Å². The molecule has 1 fully saturated rings. The van der Waals surface area contributed by atoms with Crippen LogP contribution in [0.25, 0.3) is 6.08 Å². The van der Waals surface area contributed by atoms with Crippen molar-refractivity contribution in [2.75, 3.05) is 0 Å². The Hall–Kier alpha value is -2.22. The van der Waals surface area contributed by atoms with Crippen LogP contribution in [-0.4, -0.2) is 20.1 Å². The molecule has 1 aliphatic heterocycles. The van der Waals surface area contributed by atoms with E-state index in [1.807, 2.05) is 30.3 Å². The highest BCUT2D eigenvalue weighted by molar-refractivity contribution is 8.26. The number of rotatable bonds is 4. The molecule has 0 spiro atoms. The molecule has 0 aliphatic carbocycles. The van der Waals surface area contributed by atoms with Crippen molar-refractivity contribution >= 4 is 57.6 Å². The number of thioether (sulfide) groups is 1. The van der Waals surface area contributed by atoms with Crippen LogP contribution in [0.3, 0.4) is 0 Å². The number of halogens is 1. The maximum Gasteiger partial charge on any atom is 0.270 e. The van der Waals surface area contributed by atoms with Crippen molar-refractivity contribution in [3.8, 4) is 0 Å². The van der Waals surface area contributed by atoms with E-state index in [0.29, 0.717) is 26.4 Å². The molecule has 3 rings (SSSR count). The molecule has 2 aromatic rings. The Balaban J connectivity index is 1.88. The number of nitrogens with zero attached hydrogens (tertiary/aromatic N) is 2. The molecule has 0 aromatic heterocycles. The molecule has 1 aliphatic rings. The van der Waals surface area contributed by atoms with E-state index in [9.17, 15) is 14.9 Å². The van der Waals surface area contributed by atoms with Crippen LogP contribution in [0.4, 0.5) is 5.69 Å². The first-order valence-corrected chi connectivity index (χ1v) is 8.79. The molecular weight excluding hydrogens is 380 g/mol. The zero-order valence-corrected chi connectivity index (χ0v) is 15.1. The normalized spacial score (nSPS) is 15.9. The minimum Gasteiger partial charge on any atom is -0.288 e. The number of hydrogen-bond acceptors (Lipinski definition) is 5. The summed E-state index contributed by atoms with van der Waals surface area (Å²) in [7, 11) is 0. The number of nitro groups is 1. The second-order valence-corrected chi connectivity index (χ2v) is 7.30. The lowest BCUT2D eigenvalue weighted by Gasteiger charge is -2.14. The van der Waals surface area contributed by atoms with E-state index in [2.05, 4.69) is 0 Å². The van der Waals surface area contributed by atoms with Gasteiger partial charge in [0.05, 0.1) is 16.4 Å². The minimum atomic E-state index is -0.506. The van der Waals surface area contributed by atoms with E-state index in [0.717, 1.165) is 17.3 Å². The molecule has 0 N–H and O–H groups in total. The van der Waals surface area contributed by atoms with E-state index in [1.54, 1.807) is 6.08 Å². The molecule has 1 heterocycles. The van der Waals surface area contributed by atoms with Gasteiger partial charge in [0.2, 0.25) is 0 Å². The summed E-state index contributed by atoms with van der Waals surface area (Å²) in [4.78, 5) is 24.9. The van der Waals surface area contributed by atoms with Gasteiger partial charge in [-0.1, -0.05) is 65.9 Å². The van der Waals surface area contributed by atoms with Gasteiger partial charge in [-0.2, -0.15) is 0 Å². The standard InChI is InChI=1S/C17H11ClN2O3S2/c18-14-7-6-13(20(22)23)8-12(14)9-15-16(21)19(17(24)25-15)10-11-4-2-1-3-5-11/h1-9H,10H2/b15-9+. The zero-order chi connectivity index (χ0) is 18.0. The number of nitro benzene ring substituents is 1. The molecule has 126 valence electrons. The van der Waals surface area contributed by atoms with Crippen LogP contribution < -0.4 is 0 Å². The highest BCUT2D eigenvalue weighted by atomic mass is 35.5. The van der Waals surface area contributed by atoms with Gasteiger partial charge in [-0.15, -0.1) is 0 Å². The molecular formula is C17H11ClN2O3S2. The predicted molar refractivity (Wildman–Crippen MR) is 103 cm³/mol. The van der Waals surface area contributed by atoms with E-state index >= 15 is 0 Å². The maximum atomic E-state index is 12.6.